The maximum Gasteiger partial charge on any atom is 0.138 e. The molecule has 3 aromatic rings. The Hall–Kier alpha value is -1.98. The van der Waals surface area contributed by atoms with Crippen molar-refractivity contribution in [3.05, 3.63) is 52.7 Å². The van der Waals surface area contributed by atoms with Gasteiger partial charge in [-0.3, -0.25) is 0 Å². The summed E-state index contributed by atoms with van der Waals surface area (Å²) in [6, 6.07) is 10.5. The number of ether oxygens (including phenoxy) is 1. The maximum atomic E-state index is 5.94. The summed E-state index contributed by atoms with van der Waals surface area (Å²) in [5, 5.41) is 4.70. The van der Waals surface area contributed by atoms with Crippen LogP contribution in [0.3, 0.4) is 0 Å². The molecule has 2 aromatic heterocycles. The van der Waals surface area contributed by atoms with E-state index in [1.165, 1.54) is 21.4 Å². The molecular formula is C19H21N3OS. The van der Waals surface area contributed by atoms with Gasteiger partial charge < -0.3 is 10.1 Å². The second kappa shape index (κ2) is 6.15. The highest BCUT2D eigenvalue weighted by Crippen LogP contribution is 2.40. The van der Waals surface area contributed by atoms with Gasteiger partial charge in [0.05, 0.1) is 17.6 Å². The molecule has 5 heteroatoms. The number of thiophene rings is 1. The molecule has 0 unspecified atom stereocenters. The highest BCUT2D eigenvalue weighted by Gasteiger charge is 2.30. The average Bonchev–Trinajstić information content (AvgIpc) is 2.93. The number of anilines is 1. The SMILES string of the molecule is CC1(C)Cc2c(sc3ncnc(NCCc4ccccc4)c23)CO1. The van der Waals surface area contributed by atoms with Gasteiger partial charge in [-0.1, -0.05) is 30.3 Å². The monoisotopic (exact) mass is 339 g/mol. The minimum atomic E-state index is -0.127. The Balaban J connectivity index is 1.60. The minimum Gasteiger partial charge on any atom is -0.370 e. The predicted molar refractivity (Wildman–Crippen MR) is 98.6 cm³/mol. The lowest BCUT2D eigenvalue weighted by Gasteiger charge is -2.30. The fourth-order valence-electron chi connectivity index (χ4n) is 3.18. The first-order valence-electron chi connectivity index (χ1n) is 8.29. The van der Waals surface area contributed by atoms with Gasteiger partial charge in [-0.2, -0.15) is 0 Å². The van der Waals surface area contributed by atoms with E-state index >= 15 is 0 Å². The predicted octanol–water partition coefficient (Wildman–Crippen LogP) is 4.20. The van der Waals surface area contributed by atoms with Crippen molar-refractivity contribution in [2.24, 2.45) is 0 Å². The van der Waals surface area contributed by atoms with E-state index in [0.29, 0.717) is 6.61 Å². The Morgan fingerprint density at radius 3 is 2.88 bits per heavy atom. The summed E-state index contributed by atoms with van der Waals surface area (Å²) in [6.45, 7) is 5.82. The van der Waals surface area contributed by atoms with Crippen LogP contribution in [0.2, 0.25) is 0 Å². The molecule has 0 atom stereocenters. The lowest BCUT2D eigenvalue weighted by atomic mass is 9.94. The molecule has 0 bridgehead atoms. The molecule has 24 heavy (non-hydrogen) atoms. The van der Waals surface area contributed by atoms with E-state index in [-0.39, 0.29) is 5.60 Å². The summed E-state index contributed by atoms with van der Waals surface area (Å²) in [5.74, 6) is 0.950. The zero-order chi connectivity index (χ0) is 16.6. The van der Waals surface area contributed by atoms with Crippen LogP contribution in [-0.2, 0) is 24.2 Å². The summed E-state index contributed by atoms with van der Waals surface area (Å²) in [4.78, 5) is 11.3. The van der Waals surface area contributed by atoms with Crippen molar-refractivity contribution >= 4 is 27.4 Å². The van der Waals surface area contributed by atoms with Gasteiger partial charge in [0, 0.05) is 17.8 Å². The van der Waals surface area contributed by atoms with Crippen molar-refractivity contribution in [2.75, 3.05) is 11.9 Å². The molecule has 1 aliphatic heterocycles. The van der Waals surface area contributed by atoms with E-state index in [1.807, 2.05) is 6.07 Å². The largest absolute Gasteiger partial charge is 0.370 e. The van der Waals surface area contributed by atoms with Gasteiger partial charge in [0.15, 0.2) is 0 Å². The highest BCUT2D eigenvalue weighted by atomic mass is 32.1. The molecule has 0 radical (unpaired) electrons. The third kappa shape index (κ3) is 3.01. The van der Waals surface area contributed by atoms with Crippen LogP contribution in [0, 0.1) is 0 Å². The molecule has 4 nitrogen and oxygen atoms in total. The molecule has 1 N–H and O–H groups in total. The molecule has 0 saturated heterocycles. The van der Waals surface area contributed by atoms with Gasteiger partial charge in [-0.05, 0) is 31.4 Å². The molecule has 0 amide bonds. The zero-order valence-corrected chi connectivity index (χ0v) is 14.8. The Bertz CT molecular complexity index is 858. The van der Waals surface area contributed by atoms with E-state index in [2.05, 4.69) is 53.4 Å². The fraction of sp³-hybridized carbons (Fsp3) is 0.368. The summed E-state index contributed by atoms with van der Waals surface area (Å²) in [5.41, 5.74) is 2.56. The molecule has 3 heterocycles. The molecule has 0 aliphatic carbocycles. The number of nitrogens with zero attached hydrogens (tertiary/aromatic N) is 2. The van der Waals surface area contributed by atoms with Gasteiger partial charge in [0.2, 0.25) is 0 Å². The summed E-state index contributed by atoms with van der Waals surface area (Å²) in [6.07, 6.45) is 3.54. The van der Waals surface area contributed by atoms with Crippen LogP contribution in [0.4, 0.5) is 5.82 Å². The van der Waals surface area contributed by atoms with Crippen LogP contribution in [0.25, 0.3) is 10.2 Å². The smallest absolute Gasteiger partial charge is 0.138 e. The Labute approximate surface area is 145 Å². The van der Waals surface area contributed by atoms with Crippen LogP contribution >= 0.6 is 11.3 Å². The average molecular weight is 339 g/mol. The number of fused-ring (bicyclic) bond motifs is 3. The maximum absolute atomic E-state index is 5.94. The number of hydrogen-bond acceptors (Lipinski definition) is 5. The van der Waals surface area contributed by atoms with Gasteiger partial charge in [0.25, 0.3) is 0 Å². The number of aromatic nitrogens is 2. The summed E-state index contributed by atoms with van der Waals surface area (Å²) in [7, 11) is 0. The normalized spacial score (nSPS) is 16.1. The Kier molecular flexibility index (Phi) is 3.98. The molecule has 1 aromatic carbocycles. The third-order valence-electron chi connectivity index (χ3n) is 4.42. The molecular weight excluding hydrogens is 318 g/mol. The molecule has 1 aliphatic rings. The van der Waals surface area contributed by atoms with E-state index in [1.54, 1.807) is 17.7 Å². The van der Waals surface area contributed by atoms with Crippen molar-refractivity contribution < 1.29 is 4.74 Å². The molecule has 0 fully saturated rings. The topological polar surface area (TPSA) is 47.0 Å². The van der Waals surface area contributed by atoms with E-state index in [9.17, 15) is 0 Å². The van der Waals surface area contributed by atoms with Gasteiger partial charge in [-0.25, -0.2) is 9.97 Å². The molecule has 124 valence electrons. The van der Waals surface area contributed by atoms with Crippen LogP contribution < -0.4 is 5.32 Å². The lowest BCUT2D eigenvalue weighted by molar-refractivity contribution is -0.0379. The first-order valence-corrected chi connectivity index (χ1v) is 9.11. The van der Waals surface area contributed by atoms with Crippen LogP contribution in [-0.4, -0.2) is 22.1 Å². The summed E-state index contributed by atoms with van der Waals surface area (Å²) >= 11 is 1.73. The third-order valence-corrected chi connectivity index (χ3v) is 5.53. The fourth-order valence-corrected chi connectivity index (χ4v) is 4.25. The Morgan fingerprint density at radius 1 is 1.21 bits per heavy atom. The number of hydrogen-bond donors (Lipinski definition) is 1. The van der Waals surface area contributed by atoms with E-state index in [0.717, 1.165) is 30.0 Å². The minimum absolute atomic E-state index is 0.127. The van der Waals surface area contributed by atoms with Crippen LogP contribution in [0.1, 0.15) is 29.9 Å². The van der Waals surface area contributed by atoms with E-state index in [4.69, 9.17) is 4.74 Å². The second-order valence-electron chi connectivity index (χ2n) is 6.79. The number of rotatable bonds is 4. The first-order chi connectivity index (χ1) is 11.6. The van der Waals surface area contributed by atoms with Crippen molar-refractivity contribution in [2.45, 2.75) is 38.9 Å². The number of nitrogens with one attached hydrogen (secondary N) is 1. The quantitative estimate of drug-likeness (QED) is 0.774. The molecule has 0 saturated carbocycles. The molecule has 0 spiro atoms. The van der Waals surface area contributed by atoms with Crippen LogP contribution in [0.5, 0.6) is 0 Å². The summed E-state index contributed by atoms with van der Waals surface area (Å²) < 4.78 is 5.94. The van der Waals surface area contributed by atoms with E-state index < -0.39 is 0 Å². The van der Waals surface area contributed by atoms with Gasteiger partial charge in [-0.15, -0.1) is 11.3 Å². The van der Waals surface area contributed by atoms with Crippen molar-refractivity contribution in [3.63, 3.8) is 0 Å². The van der Waals surface area contributed by atoms with Gasteiger partial charge >= 0.3 is 0 Å². The standard InChI is InChI=1S/C19H21N3OS/c1-19(2)10-14-15(11-23-19)24-18-16(14)17(21-12-22-18)20-9-8-13-6-4-3-5-7-13/h3-7,12H,8-11H2,1-2H3,(H,20,21,22). The zero-order valence-electron chi connectivity index (χ0n) is 14.0. The van der Waals surface area contributed by atoms with Crippen molar-refractivity contribution in [3.8, 4) is 0 Å². The number of benzene rings is 1. The lowest BCUT2D eigenvalue weighted by Crippen LogP contribution is -2.31. The Morgan fingerprint density at radius 2 is 2.04 bits per heavy atom. The molecule has 4 rings (SSSR count). The van der Waals surface area contributed by atoms with Gasteiger partial charge in [0.1, 0.15) is 17.0 Å². The van der Waals surface area contributed by atoms with Crippen LogP contribution in [0.15, 0.2) is 36.7 Å². The second-order valence-corrected chi connectivity index (χ2v) is 7.88. The van der Waals surface area contributed by atoms with Crippen molar-refractivity contribution in [1.29, 1.82) is 0 Å². The first kappa shape index (κ1) is 15.5. The highest BCUT2D eigenvalue weighted by molar-refractivity contribution is 7.18. The van der Waals surface area contributed by atoms with Crippen molar-refractivity contribution in [1.82, 2.24) is 9.97 Å².